The van der Waals surface area contributed by atoms with Gasteiger partial charge in [-0.3, -0.25) is 19.6 Å². The molecule has 0 atom stereocenters. The van der Waals surface area contributed by atoms with Crippen molar-refractivity contribution in [3.8, 4) is 5.69 Å². The standard InChI is InChI=1S/C19H22N6O2/c1-19(2,3)22-15(26)12-24-17-14(16-20-9-10-23(16)18(24)27)11-21-25(17)13-7-5-4-6-8-13/h4-8,11H,9-10,12H2,1-3H3,(H,22,26). The number of benzene rings is 1. The van der Waals surface area contributed by atoms with E-state index in [1.165, 1.54) is 4.90 Å². The third kappa shape index (κ3) is 3.07. The molecular formula is C19H22N6O2. The van der Waals surface area contributed by atoms with Crippen LogP contribution in [0.1, 0.15) is 26.3 Å². The van der Waals surface area contributed by atoms with Gasteiger partial charge >= 0.3 is 6.03 Å². The van der Waals surface area contributed by atoms with Crippen LogP contribution < -0.4 is 10.2 Å². The average molecular weight is 366 g/mol. The fourth-order valence-electron chi connectivity index (χ4n) is 3.36. The van der Waals surface area contributed by atoms with Crippen molar-refractivity contribution in [1.29, 1.82) is 0 Å². The number of aliphatic imine (C=N–C) groups is 1. The molecule has 1 aromatic heterocycles. The maximum atomic E-state index is 13.1. The van der Waals surface area contributed by atoms with Gasteiger partial charge in [0, 0.05) is 12.1 Å². The molecule has 0 aliphatic carbocycles. The van der Waals surface area contributed by atoms with Gasteiger partial charge in [-0.15, -0.1) is 0 Å². The summed E-state index contributed by atoms with van der Waals surface area (Å²) in [6, 6.07) is 9.30. The van der Waals surface area contributed by atoms with Crippen LogP contribution in [0.25, 0.3) is 5.69 Å². The van der Waals surface area contributed by atoms with Gasteiger partial charge in [-0.25, -0.2) is 9.48 Å². The highest BCUT2D eigenvalue weighted by Gasteiger charge is 2.41. The Balaban J connectivity index is 1.78. The number of urea groups is 1. The second-order valence-electron chi connectivity index (χ2n) is 7.65. The first kappa shape index (κ1) is 17.3. The minimum Gasteiger partial charge on any atom is -0.350 e. The lowest BCUT2D eigenvalue weighted by Gasteiger charge is -2.34. The summed E-state index contributed by atoms with van der Waals surface area (Å²) >= 11 is 0. The van der Waals surface area contributed by atoms with E-state index in [1.807, 2.05) is 51.1 Å². The number of hydrogen-bond donors (Lipinski definition) is 1. The van der Waals surface area contributed by atoms with E-state index in [-0.39, 0.29) is 24.0 Å². The van der Waals surface area contributed by atoms with Crippen LogP contribution in [0.4, 0.5) is 10.6 Å². The van der Waals surface area contributed by atoms with Crippen molar-refractivity contribution in [3.05, 3.63) is 42.1 Å². The summed E-state index contributed by atoms with van der Waals surface area (Å²) in [6.07, 6.45) is 1.71. The van der Waals surface area contributed by atoms with Gasteiger partial charge in [0.15, 0.2) is 5.82 Å². The van der Waals surface area contributed by atoms with E-state index in [0.717, 1.165) is 11.3 Å². The Kier molecular flexibility index (Phi) is 3.98. The number of nitrogens with zero attached hydrogens (tertiary/aromatic N) is 5. The molecule has 0 saturated carbocycles. The molecule has 1 N–H and O–H groups in total. The van der Waals surface area contributed by atoms with Gasteiger partial charge < -0.3 is 5.32 Å². The number of aromatic nitrogens is 2. The number of amides is 3. The highest BCUT2D eigenvalue weighted by molar-refractivity contribution is 6.20. The summed E-state index contributed by atoms with van der Waals surface area (Å²) in [6.45, 7) is 6.72. The van der Waals surface area contributed by atoms with Crippen molar-refractivity contribution in [3.63, 3.8) is 0 Å². The Hall–Kier alpha value is -3.16. The minimum absolute atomic E-state index is 0.0780. The van der Waals surface area contributed by atoms with Gasteiger partial charge in [0.2, 0.25) is 5.91 Å². The van der Waals surface area contributed by atoms with Crippen molar-refractivity contribution >= 4 is 23.6 Å². The van der Waals surface area contributed by atoms with Crippen molar-refractivity contribution in [2.75, 3.05) is 24.5 Å². The van der Waals surface area contributed by atoms with Crippen LogP contribution in [0.15, 0.2) is 41.5 Å². The van der Waals surface area contributed by atoms with Crippen LogP contribution in [-0.2, 0) is 4.79 Å². The van der Waals surface area contributed by atoms with Crippen LogP contribution in [-0.4, -0.2) is 57.6 Å². The highest BCUT2D eigenvalue weighted by Crippen LogP contribution is 2.32. The highest BCUT2D eigenvalue weighted by atomic mass is 16.2. The van der Waals surface area contributed by atoms with Gasteiger partial charge in [0.1, 0.15) is 12.4 Å². The maximum absolute atomic E-state index is 13.1. The molecule has 27 heavy (non-hydrogen) atoms. The van der Waals surface area contributed by atoms with Crippen LogP contribution in [0.5, 0.6) is 0 Å². The number of hydrogen-bond acceptors (Lipinski definition) is 4. The van der Waals surface area contributed by atoms with Crippen molar-refractivity contribution in [1.82, 2.24) is 20.0 Å². The van der Waals surface area contributed by atoms with Crippen molar-refractivity contribution in [2.24, 2.45) is 4.99 Å². The molecule has 0 fully saturated rings. The number of carbonyl (C=O) groups excluding carboxylic acids is 2. The molecule has 0 saturated heterocycles. The van der Waals surface area contributed by atoms with Crippen LogP contribution >= 0.6 is 0 Å². The molecule has 0 spiro atoms. The normalized spacial score (nSPS) is 16.1. The monoisotopic (exact) mass is 366 g/mol. The molecule has 2 aromatic rings. The molecule has 140 valence electrons. The third-order valence-electron chi connectivity index (χ3n) is 4.36. The Morgan fingerprint density at radius 3 is 2.67 bits per heavy atom. The molecule has 0 radical (unpaired) electrons. The molecule has 3 heterocycles. The second kappa shape index (κ2) is 6.22. The first-order valence-electron chi connectivity index (χ1n) is 8.93. The predicted octanol–water partition coefficient (Wildman–Crippen LogP) is 1.79. The lowest BCUT2D eigenvalue weighted by Crippen LogP contribution is -2.54. The number of nitrogens with one attached hydrogen (secondary N) is 1. The summed E-state index contributed by atoms with van der Waals surface area (Å²) in [4.78, 5) is 33.2. The number of rotatable bonds is 3. The molecule has 4 rings (SSSR count). The third-order valence-corrected chi connectivity index (χ3v) is 4.36. The topological polar surface area (TPSA) is 82.8 Å². The van der Waals surface area contributed by atoms with E-state index in [0.29, 0.717) is 24.7 Å². The quantitative estimate of drug-likeness (QED) is 0.899. The SMILES string of the molecule is CC(C)(C)NC(=O)CN1C(=O)N2CCN=C2c2cnn(-c3ccccc3)c21. The van der Waals surface area contributed by atoms with Crippen LogP contribution in [0.3, 0.4) is 0 Å². The van der Waals surface area contributed by atoms with Crippen molar-refractivity contribution < 1.29 is 9.59 Å². The first-order chi connectivity index (χ1) is 12.8. The van der Waals surface area contributed by atoms with Gasteiger partial charge in [-0.2, -0.15) is 5.10 Å². The number of fused-ring (bicyclic) bond motifs is 3. The van der Waals surface area contributed by atoms with E-state index >= 15 is 0 Å². The Labute approximate surface area is 157 Å². The summed E-state index contributed by atoms with van der Waals surface area (Å²) < 4.78 is 1.69. The number of amidine groups is 1. The predicted molar refractivity (Wildman–Crippen MR) is 102 cm³/mol. The summed E-state index contributed by atoms with van der Waals surface area (Å²) in [7, 11) is 0. The molecule has 2 aliphatic heterocycles. The molecule has 2 aliphatic rings. The minimum atomic E-state index is -0.376. The summed E-state index contributed by atoms with van der Waals surface area (Å²) in [5, 5.41) is 7.40. The zero-order chi connectivity index (χ0) is 19.2. The smallest absolute Gasteiger partial charge is 0.331 e. The molecule has 8 heteroatoms. The van der Waals surface area contributed by atoms with E-state index in [1.54, 1.807) is 15.8 Å². The van der Waals surface area contributed by atoms with E-state index in [9.17, 15) is 9.59 Å². The van der Waals surface area contributed by atoms with Crippen molar-refractivity contribution in [2.45, 2.75) is 26.3 Å². The molecule has 3 amide bonds. The Bertz CT molecular complexity index is 925. The van der Waals surface area contributed by atoms with Gasteiger partial charge in [0.25, 0.3) is 0 Å². The van der Waals surface area contributed by atoms with E-state index < -0.39 is 0 Å². The van der Waals surface area contributed by atoms with Gasteiger partial charge in [-0.1, -0.05) is 18.2 Å². The molecule has 8 nitrogen and oxygen atoms in total. The Morgan fingerprint density at radius 1 is 1.22 bits per heavy atom. The van der Waals surface area contributed by atoms with E-state index in [4.69, 9.17) is 0 Å². The lowest BCUT2D eigenvalue weighted by atomic mass is 10.1. The first-order valence-corrected chi connectivity index (χ1v) is 8.93. The summed E-state index contributed by atoms with van der Waals surface area (Å²) in [5.74, 6) is 0.985. The van der Waals surface area contributed by atoms with Crippen LogP contribution in [0.2, 0.25) is 0 Å². The largest absolute Gasteiger partial charge is 0.350 e. The zero-order valence-corrected chi connectivity index (χ0v) is 15.6. The fourth-order valence-corrected chi connectivity index (χ4v) is 3.36. The average Bonchev–Trinajstić information content (AvgIpc) is 3.24. The van der Waals surface area contributed by atoms with Gasteiger partial charge in [0.05, 0.1) is 24.0 Å². The fraction of sp³-hybridized carbons (Fsp3) is 0.368. The molecular weight excluding hydrogens is 344 g/mol. The van der Waals surface area contributed by atoms with Gasteiger partial charge in [-0.05, 0) is 32.9 Å². The lowest BCUT2D eigenvalue weighted by molar-refractivity contribution is -0.121. The number of anilines is 1. The number of carbonyl (C=O) groups is 2. The summed E-state index contributed by atoms with van der Waals surface area (Å²) in [5.41, 5.74) is 1.21. The Morgan fingerprint density at radius 2 is 1.96 bits per heavy atom. The number of para-hydroxylation sites is 1. The van der Waals surface area contributed by atoms with E-state index in [2.05, 4.69) is 15.4 Å². The molecule has 1 aromatic carbocycles. The second-order valence-corrected chi connectivity index (χ2v) is 7.65. The van der Waals surface area contributed by atoms with Crippen LogP contribution in [0, 0.1) is 0 Å². The zero-order valence-electron chi connectivity index (χ0n) is 15.6. The molecule has 0 unspecified atom stereocenters. The molecule has 0 bridgehead atoms. The maximum Gasteiger partial charge on any atom is 0.331 e.